The Morgan fingerprint density at radius 1 is 1.12 bits per heavy atom. The highest BCUT2D eigenvalue weighted by Gasteiger charge is 2.14. The van der Waals surface area contributed by atoms with Gasteiger partial charge in [0, 0.05) is 16.4 Å². The highest BCUT2D eigenvalue weighted by molar-refractivity contribution is 7.13. The molecule has 1 aromatic heterocycles. The molecule has 0 aliphatic rings. The molecular formula is C19H15Cl2NO2S. The second-order valence-corrected chi connectivity index (χ2v) is 7.24. The molecule has 25 heavy (non-hydrogen) atoms. The van der Waals surface area contributed by atoms with Crippen LogP contribution in [0.3, 0.4) is 0 Å². The van der Waals surface area contributed by atoms with E-state index in [9.17, 15) is 9.90 Å². The second kappa shape index (κ2) is 8.02. The summed E-state index contributed by atoms with van der Waals surface area (Å²) < 4.78 is 0. The van der Waals surface area contributed by atoms with E-state index < -0.39 is 6.10 Å². The van der Waals surface area contributed by atoms with E-state index in [0.29, 0.717) is 10.0 Å². The molecule has 0 saturated carbocycles. The van der Waals surface area contributed by atoms with Gasteiger partial charge in [-0.05, 0) is 40.8 Å². The molecule has 3 nitrogen and oxygen atoms in total. The van der Waals surface area contributed by atoms with Crippen molar-refractivity contribution in [2.75, 3.05) is 6.54 Å². The molecule has 0 bridgehead atoms. The van der Waals surface area contributed by atoms with Gasteiger partial charge in [0.1, 0.15) is 0 Å². The van der Waals surface area contributed by atoms with Crippen LogP contribution in [0.5, 0.6) is 0 Å². The van der Waals surface area contributed by atoms with Gasteiger partial charge in [0.25, 0.3) is 5.91 Å². The molecule has 1 heterocycles. The molecule has 0 radical (unpaired) electrons. The maximum atomic E-state index is 12.2. The van der Waals surface area contributed by atoms with E-state index >= 15 is 0 Å². The number of hydrogen-bond acceptors (Lipinski definition) is 3. The molecule has 128 valence electrons. The average Bonchev–Trinajstić information content (AvgIpc) is 3.16. The molecule has 3 aromatic rings. The predicted molar refractivity (Wildman–Crippen MR) is 104 cm³/mol. The number of halogens is 2. The number of carbonyl (C=O) groups is 1. The zero-order valence-electron chi connectivity index (χ0n) is 13.1. The van der Waals surface area contributed by atoms with Crippen LogP contribution in [0.15, 0.2) is 60.0 Å². The molecule has 1 amide bonds. The van der Waals surface area contributed by atoms with Gasteiger partial charge in [-0.25, -0.2) is 0 Å². The Morgan fingerprint density at radius 3 is 2.56 bits per heavy atom. The third-order valence-electron chi connectivity index (χ3n) is 3.73. The van der Waals surface area contributed by atoms with Crippen LogP contribution in [0.25, 0.3) is 10.4 Å². The second-order valence-electron chi connectivity index (χ2n) is 5.45. The summed E-state index contributed by atoms with van der Waals surface area (Å²) in [6.45, 7) is 0.0834. The Balaban J connectivity index is 1.63. The average molecular weight is 392 g/mol. The maximum Gasteiger partial charge on any atom is 0.252 e. The van der Waals surface area contributed by atoms with E-state index in [2.05, 4.69) is 5.32 Å². The number of amides is 1. The van der Waals surface area contributed by atoms with Gasteiger partial charge in [-0.1, -0.05) is 53.5 Å². The summed E-state index contributed by atoms with van der Waals surface area (Å²) in [7, 11) is 0. The van der Waals surface area contributed by atoms with Crippen LogP contribution < -0.4 is 5.32 Å². The van der Waals surface area contributed by atoms with E-state index in [-0.39, 0.29) is 18.0 Å². The first-order valence-corrected chi connectivity index (χ1v) is 9.23. The van der Waals surface area contributed by atoms with Gasteiger partial charge in [0.2, 0.25) is 0 Å². The van der Waals surface area contributed by atoms with E-state index in [4.69, 9.17) is 23.2 Å². The van der Waals surface area contributed by atoms with Gasteiger partial charge in [-0.15, -0.1) is 11.3 Å². The fourth-order valence-corrected chi connectivity index (χ4v) is 3.49. The van der Waals surface area contributed by atoms with E-state index in [1.54, 1.807) is 23.5 Å². The Morgan fingerprint density at radius 2 is 1.88 bits per heavy atom. The molecule has 1 atom stereocenters. The Kier molecular flexibility index (Phi) is 5.76. The molecule has 0 fully saturated rings. The molecule has 0 saturated heterocycles. The number of nitrogens with one attached hydrogen (secondary N) is 1. The quantitative estimate of drug-likeness (QED) is 0.628. The number of hydrogen-bond donors (Lipinski definition) is 2. The van der Waals surface area contributed by atoms with Crippen LogP contribution >= 0.6 is 34.5 Å². The van der Waals surface area contributed by atoms with Gasteiger partial charge >= 0.3 is 0 Å². The molecule has 0 aliphatic carbocycles. The van der Waals surface area contributed by atoms with Crippen molar-refractivity contribution in [1.29, 1.82) is 0 Å². The number of rotatable bonds is 5. The molecule has 2 N–H and O–H groups in total. The lowest BCUT2D eigenvalue weighted by atomic mass is 10.1. The van der Waals surface area contributed by atoms with Crippen molar-refractivity contribution < 1.29 is 9.90 Å². The Hall–Kier alpha value is -1.85. The zero-order valence-corrected chi connectivity index (χ0v) is 15.4. The topological polar surface area (TPSA) is 49.3 Å². The van der Waals surface area contributed by atoms with Crippen molar-refractivity contribution >= 4 is 40.4 Å². The van der Waals surface area contributed by atoms with Gasteiger partial charge in [-0.2, -0.15) is 0 Å². The van der Waals surface area contributed by atoms with E-state index in [1.165, 1.54) is 10.9 Å². The Labute approximate surface area is 159 Å². The number of aliphatic hydroxyl groups excluding tert-OH is 1. The maximum absolute atomic E-state index is 12.2. The normalized spacial score (nSPS) is 12.0. The monoisotopic (exact) mass is 391 g/mol. The smallest absolute Gasteiger partial charge is 0.252 e. The fourth-order valence-electron chi connectivity index (χ4n) is 2.39. The molecule has 2 aromatic carbocycles. The standard InChI is InChI=1S/C19H15Cl2NO2S/c20-14-7-8-16(21)15(10-14)19(24)22-11-17(23)12-3-5-13(6-4-12)18-2-1-9-25-18/h1-10,17,23H,11H2,(H,22,24). The van der Waals surface area contributed by atoms with Crippen molar-refractivity contribution in [3.8, 4) is 10.4 Å². The predicted octanol–water partition coefficient (Wildman–Crippen LogP) is 5.19. The summed E-state index contributed by atoms with van der Waals surface area (Å²) in [4.78, 5) is 13.4. The van der Waals surface area contributed by atoms with E-state index in [1.807, 2.05) is 41.8 Å². The zero-order chi connectivity index (χ0) is 17.8. The molecule has 1 unspecified atom stereocenters. The van der Waals surface area contributed by atoms with Crippen molar-refractivity contribution in [3.63, 3.8) is 0 Å². The van der Waals surface area contributed by atoms with Crippen LogP contribution in [0, 0.1) is 0 Å². The Bertz CT molecular complexity index is 864. The third-order valence-corrected chi connectivity index (χ3v) is 5.21. The fraction of sp³-hybridized carbons (Fsp3) is 0.105. The first-order chi connectivity index (χ1) is 12.0. The van der Waals surface area contributed by atoms with Gasteiger partial charge in [0.05, 0.1) is 16.7 Å². The summed E-state index contributed by atoms with van der Waals surface area (Å²) in [5.41, 5.74) is 2.12. The summed E-state index contributed by atoms with van der Waals surface area (Å²) in [5, 5.41) is 15.7. The number of benzene rings is 2. The van der Waals surface area contributed by atoms with Crippen LogP contribution in [-0.2, 0) is 0 Å². The van der Waals surface area contributed by atoms with Crippen molar-refractivity contribution in [2.45, 2.75) is 6.10 Å². The highest BCUT2D eigenvalue weighted by Crippen LogP contribution is 2.26. The lowest BCUT2D eigenvalue weighted by Gasteiger charge is -2.13. The van der Waals surface area contributed by atoms with Gasteiger partial charge in [0.15, 0.2) is 0 Å². The van der Waals surface area contributed by atoms with Crippen LogP contribution in [0.2, 0.25) is 10.0 Å². The van der Waals surface area contributed by atoms with Gasteiger partial charge in [-0.3, -0.25) is 4.79 Å². The first-order valence-electron chi connectivity index (χ1n) is 7.60. The molecule has 0 spiro atoms. The lowest BCUT2D eigenvalue weighted by molar-refractivity contribution is 0.0916. The number of carbonyl (C=O) groups excluding carboxylic acids is 1. The largest absolute Gasteiger partial charge is 0.387 e. The van der Waals surface area contributed by atoms with Crippen molar-refractivity contribution in [3.05, 3.63) is 81.1 Å². The van der Waals surface area contributed by atoms with Crippen molar-refractivity contribution in [2.24, 2.45) is 0 Å². The van der Waals surface area contributed by atoms with Gasteiger partial charge < -0.3 is 10.4 Å². The summed E-state index contributed by atoms with van der Waals surface area (Å²) in [6.07, 6.45) is -0.806. The lowest BCUT2D eigenvalue weighted by Crippen LogP contribution is -2.28. The summed E-state index contributed by atoms with van der Waals surface area (Å²) in [6, 6.07) is 16.4. The minimum atomic E-state index is -0.806. The van der Waals surface area contributed by atoms with Crippen LogP contribution in [0.4, 0.5) is 0 Å². The first kappa shape index (κ1) is 18.0. The highest BCUT2D eigenvalue weighted by atomic mass is 35.5. The van der Waals surface area contributed by atoms with Crippen molar-refractivity contribution in [1.82, 2.24) is 5.32 Å². The molecule has 6 heteroatoms. The minimum Gasteiger partial charge on any atom is -0.387 e. The number of aliphatic hydroxyl groups is 1. The van der Waals surface area contributed by atoms with Crippen LogP contribution in [0.1, 0.15) is 22.0 Å². The SMILES string of the molecule is O=C(NCC(O)c1ccc(-c2cccs2)cc1)c1cc(Cl)ccc1Cl. The molecule has 0 aliphatic heterocycles. The summed E-state index contributed by atoms with van der Waals surface area (Å²) in [5.74, 6) is -0.373. The van der Waals surface area contributed by atoms with Crippen LogP contribution in [-0.4, -0.2) is 17.6 Å². The molecular weight excluding hydrogens is 377 g/mol. The molecule has 3 rings (SSSR count). The minimum absolute atomic E-state index is 0.0834. The third kappa shape index (κ3) is 4.41. The number of thiophene rings is 1. The van der Waals surface area contributed by atoms with E-state index in [0.717, 1.165) is 11.1 Å². The summed E-state index contributed by atoms with van der Waals surface area (Å²) >= 11 is 13.6.